The van der Waals surface area contributed by atoms with Gasteiger partial charge in [0.1, 0.15) is 5.41 Å². The summed E-state index contributed by atoms with van der Waals surface area (Å²) >= 11 is 0. The Balaban J connectivity index is 2.20. The highest BCUT2D eigenvalue weighted by Gasteiger charge is 2.57. The molecule has 0 aromatic heterocycles. The van der Waals surface area contributed by atoms with Crippen molar-refractivity contribution < 1.29 is 14.5 Å². The summed E-state index contributed by atoms with van der Waals surface area (Å²) < 4.78 is 0. The zero-order chi connectivity index (χ0) is 20.5. The summed E-state index contributed by atoms with van der Waals surface area (Å²) in [5, 5.41) is 11.0. The Bertz CT molecular complexity index is 992. The number of Topliss-reactive ketones (excluding diaryl/α,β-unsaturated/α-hetero) is 2. The highest BCUT2D eigenvalue weighted by molar-refractivity contribution is 6.30. The smallest absolute Gasteiger partial charge is 0.269 e. The lowest BCUT2D eigenvalue weighted by Crippen LogP contribution is -2.40. The Hall–Kier alpha value is -3.52. The number of nitrogens with zero attached hydrogens (tertiary/aromatic N) is 1. The van der Waals surface area contributed by atoms with E-state index in [1.807, 2.05) is 0 Å². The number of rotatable bonds is 6. The van der Waals surface area contributed by atoms with Gasteiger partial charge in [-0.3, -0.25) is 19.7 Å². The summed E-state index contributed by atoms with van der Waals surface area (Å²) in [4.78, 5) is 37.5. The van der Waals surface area contributed by atoms with Gasteiger partial charge >= 0.3 is 0 Å². The fourth-order valence-corrected chi connectivity index (χ4v) is 4.06. The van der Waals surface area contributed by atoms with E-state index in [1.165, 1.54) is 12.1 Å². The summed E-state index contributed by atoms with van der Waals surface area (Å²) in [5.74, 6) is 1.43. The second kappa shape index (κ2) is 7.24. The molecule has 0 fully saturated rings. The molecule has 28 heavy (non-hydrogen) atoms. The van der Waals surface area contributed by atoms with Gasteiger partial charge in [-0.25, -0.2) is 0 Å². The van der Waals surface area contributed by atoms with Crippen LogP contribution in [0, 0.1) is 27.9 Å². The van der Waals surface area contributed by atoms with Crippen LogP contribution in [0.3, 0.4) is 0 Å². The summed E-state index contributed by atoms with van der Waals surface area (Å²) in [6.07, 6.45) is 5.91. The lowest BCUT2D eigenvalue weighted by atomic mass is 9.64. The van der Waals surface area contributed by atoms with Crippen LogP contribution in [0.5, 0.6) is 0 Å². The fourth-order valence-electron chi connectivity index (χ4n) is 4.06. The number of carbonyl (C=O) groups excluding carboxylic acids is 2. The molecular formula is C23H19NO4. The molecular weight excluding hydrogens is 354 g/mol. The minimum absolute atomic E-state index is 0.0653. The molecule has 1 aliphatic rings. The Kier molecular flexibility index (Phi) is 4.98. The number of nitro groups is 1. The van der Waals surface area contributed by atoms with Crippen molar-refractivity contribution in [2.24, 2.45) is 5.41 Å². The van der Waals surface area contributed by atoms with Crippen LogP contribution < -0.4 is 0 Å². The summed E-state index contributed by atoms with van der Waals surface area (Å²) in [7, 11) is 0. The molecule has 0 aliphatic heterocycles. The number of nitro benzene ring substituents is 1. The second-order valence-corrected chi connectivity index (χ2v) is 7.12. The third kappa shape index (κ3) is 2.93. The molecule has 0 saturated carbocycles. The number of hydrogen-bond acceptors (Lipinski definition) is 4. The average molecular weight is 373 g/mol. The van der Waals surface area contributed by atoms with E-state index in [1.54, 1.807) is 43.3 Å². The van der Waals surface area contributed by atoms with Crippen LogP contribution in [0.15, 0.2) is 60.7 Å². The first-order valence-electron chi connectivity index (χ1n) is 8.83. The number of fused-ring (bicyclic) bond motifs is 1. The van der Waals surface area contributed by atoms with Crippen molar-refractivity contribution in [2.45, 2.75) is 25.7 Å². The minimum Gasteiger partial charge on any atom is -0.293 e. The maximum atomic E-state index is 13.5. The van der Waals surface area contributed by atoms with Crippen molar-refractivity contribution in [3.63, 3.8) is 0 Å². The zero-order valence-electron chi connectivity index (χ0n) is 15.5. The first kappa shape index (κ1) is 19.2. The topological polar surface area (TPSA) is 77.3 Å². The van der Waals surface area contributed by atoms with E-state index in [-0.39, 0.29) is 30.1 Å². The second-order valence-electron chi connectivity index (χ2n) is 7.12. The summed E-state index contributed by atoms with van der Waals surface area (Å²) in [6.45, 7) is 5.70. The molecule has 1 aliphatic carbocycles. The van der Waals surface area contributed by atoms with Crippen LogP contribution in [0.4, 0.5) is 5.69 Å². The van der Waals surface area contributed by atoms with Crippen LogP contribution in [0.1, 0.15) is 52.0 Å². The molecule has 140 valence electrons. The van der Waals surface area contributed by atoms with E-state index in [0.717, 1.165) is 0 Å². The third-order valence-corrected chi connectivity index (χ3v) is 5.23. The van der Waals surface area contributed by atoms with Crippen LogP contribution >= 0.6 is 0 Å². The quantitative estimate of drug-likeness (QED) is 0.241. The SMILES string of the molecule is C#CCC(c1ccc([N+](=O)[O-])cc1)C1(CC(=C)C)C(=O)c2ccccc2C1=O. The van der Waals surface area contributed by atoms with E-state index in [9.17, 15) is 19.7 Å². The Morgan fingerprint density at radius 1 is 1.14 bits per heavy atom. The van der Waals surface area contributed by atoms with Crippen LogP contribution in [-0.2, 0) is 0 Å². The number of terminal acetylenes is 1. The van der Waals surface area contributed by atoms with Crippen molar-refractivity contribution in [3.8, 4) is 12.3 Å². The number of ketones is 2. The highest BCUT2D eigenvalue weighted by Crippen LogP contribution is 2.52. The molecule has 0 saturated heterocycles. The van der Waals surface area contributed by atoms with E-state index < -0.39 is 16.3 Å². The summed E-state index contributed by atoms with van der Waals surface area (Å²) in [5.41, 5.74) is 0.635. The van der Waals surface area contributed by atoms with Gasteiger partial charge in [-0.2, -0.15) is 0 Å². The third-order valence-electron chi connectivity index (χ3n) is 5.23. The molecule has 0 amide bonds. The maximum absolute atomic E-state index is 13.5. The molecule has 5 heteroatoms. The minimum atomic E-state index is -1.39. The molecule has 0 radical (unpaired) electrons. The van der Waals surface area contributed by atoms with Gasteiger partial charge < -0.3 is 0 Å². The van der Waals surface area contributed by atoms with Crippen LogP contribution in [0.2, 0.25) is 0 Å². The van der Waals surface area contributed by atoms with Gasteiger partial charge in [0.15, 0.2) is 11.6 Å². The number of carbonyl (C=O) groups is 2. The van der Waals surface area contributed by atoms with Gasteiger partial charge in [-0.15, -0.1) is 18.9 Å². The fraction of sp³-hybridized carbons (Fsp3) is 0.217. The van der Waals surface area contributed by atoms with Crippen molar-refractivity contribution in [1.82, 2.24) is 0 Å². The van der Waals surface area contributed by atoms with Gasteiger partial charge in [-0.05, 0) is 18.9 Å². The van der Waals surface area contributed by atoms with Gasteiger partial charge in [0.05, 0.1) is 4.92 Å². The number of non-ortho nitro benzene ring substituents is 1. The van der Waals surface area contributed by atoms with Gasteiger partial charge in [0, 0.05) is 35.6 Å². The molecule has 0 N–H and O–H groups in total. The zero-order valence-corrected chi connectivity index (χ0v) is 15.5. The van der Waals surface area contributed by atoms with E-state index in [2.05, 4.69) is 12.5 Å². The van der Waals surface area contributed by atoms with Crippen molar-refractivity contribution >= 4 is 17.3 Å². The molecule has 0 bridgehead atoms. The summed E-state index contributed by atoms with van der Waals surface area (Å²) in [6, 6.07) is 12.6. The molecule has 2 aromatic rings. The van der Waals surface area contributed by atoms with E-state index in [4.69, 9.17) is 6.42 Å². The number of hydrogen-bond donors (Lipinski definition) is 0. The lowest BCUT2D eigenvalue weighted by molar-refractivity contribution is -0.384. The predicted octanol–water partition coefficient (Wildman–Crippen LogP) is 4.73. The van der Waals surface area contributed by atoms with Gasteiger partial charge in [0.2, 0.25) is 0 Å². The Labute approximate surface area is 163 Å². The van der Waals surface area contributed by atoms with Gasteiger partial charge in [0.25, 0.3) is 5.69 Å². The molecule has 0 spiro atoms. The highest BCUT2D eigenvalue weighted by atomic mass is 16.6. The van der Waals surface area contributed by atoms with Crippen molar-refractivity contribution in [3.05, 3.63) is 87.5 Å². The van der Waals surface area contributed by atoms with Crippen LogP contribution in [0.25, 0.3) is 0 Å². The standard InChI is InChI=1S/C23H19NO4/c1-4-7-20(16-10-12-17(13-11-16)24(27)28)23(14-15(2)3)21(25)18-8-5-6-9-19(18)22(23)26/h1,5-6,8-13,20H,2,7,14H2,3H3. The molecule has 1 unspecified atom stereocenters. The normalized spacial score (nSPS) is 15.6. The van der Waals surface area contributed by atoms with Crippen molar-refractivity contribution in [1.29, 1.82) is 0 Å². The molecule has 0 heterocycles. The first-order valence-corrected chi connectivity index (χ1v) is 8.83. The molecule has 1 atom stereocenters. The monoisotopic (exact) mass is 373 g/mol. The molecule has 2 aromatic carbocycles. The Morgan fingerprint density at radius 2 is 1.68 bits per heavy atom. The Morgan fingerprint density at radius 3 is 2.11 bits per heavy atom. The van der Waals surface area contributed by atoms with E-state index >= 15 is 0 Å². The van der Waals surface area contributed by atoms with E-state index in [0.29, 0.717) is 22.3 Å². The molecule has 5 nitrogen and oxygen atoms in total. The number of benzene rings is 2. The molecule has 3 rings (SSSR count). The number of allylic oxidation sites excluding steroid dienone is 1. The largest absolute Gasteiger partial charge is 0.293 e. The predicted molar refractivity (Wildman–Crippen MR) is 106 cm³/mol. The van der Waals surface area contributed by atoms with Crippen molar-refractivity contribution in [2.75, 3.05) is 0 Å². The van der Waals surface area contributed by atoms with Crippen LogP contribution in [-0.4, -0.2) is 16.5 Å². The maximum Gasteiger partial charge on any atom is 0.269 e. The average Bonchev–Trinajstić information content (AvgIpc) is 2.88. The lowest BCUT2D eigenvalue weighted by Gasteiger charge is -2.34. The van der Waals surface area contributed by atoms with Gasteiger partial charge in [-0.1, -0.05) is 42.0 Å². The first-order chi connectivity index (χ1) is 13.3.